The van der Waals surface area contributed by atoms with Gasteiger partial charge in [-0.2, -0.15) is 0 Å². The first-order chi connectivity index (χ1) is 11.1. The van der Waals surface area contributed by atoms with Gasteiger partial charge in [0, 0.05) is 22.2 Å². The Morgan fingerprint density at radius 3 is 2.65 bits per heavy atom. The van der Waals surface area contributed by atoms with E-state index >= 15 is 0 Å². The van der Waals surface area contributed by atoms with Crippen molar-refractivity contribution in [2.75, 3.05) is 6.54 Å². The second kappa shape index (κ2) is 6.55. The van der Waals surface area contributed by atoms with Crippen LogP contribution in [0.25, 0.3) is 22.2 Å². The molecule has 3 rings (SSSR count). The van der Waals surface area contributed by atoms with Crippen molar-refractivity contribution in [1.82, 2.24) is 4.98 Å². The Morgan fingerprint density at radius 1 is 1.09 bits per heavy atom. The summed E-state index contributed by atoms with van der Waals surface area (Å²) in [4.78, 5) is 3.53. The first kappa shape index (κ1) is 15.8. The van der Waals surface area contributed by atoms with Gasteiger partial charge in [-0.1, -0.05) is 23.8 Å². The fourth-order valence-corrected chi connectivity index (χ4v) is 3.30. The number of aromatic nitrogens is 1. The highest BCUT2D eigenvalue weighted by Crippen LogP contribution is 2.34. The third kappa shape index (κ3) is 3.15. The zero-order valence-corrected chi connectivity index (χ0v) is 13.7. The van der Waals surface area contributed by atoms with Gasteiger partial charge >= 0.3 is 0 Å². The van der Waals surface area contributed by atoms with E-state index in [4.69, 9.17) is 5.73 Å². The molecular formula is C20H23FN2. The minimum absolute atomic E-state index is 0.207. The zero-order valence-electron chi connectivity index (χ0n) is 13.7. The van der Waals surface area contributed by atoms with Crippen LogP contribution in [0.4, 0.5) is 4.39 Å². The lowest BCUT2D eigenvalue weighted by molar-refractivity contribution is 0.628. The summed E-state index contributed by atoms with van der Waals surface area (Å²) >= 11 is 0. The summed E-state index contributed by atoms with van der Waals surface area (Å²) in [6.45, 7) is 4.94. The molecule has 0 atom stereocenters. The van der Waals surface area contributed by atoms with E-state index in [1.165, 1.54) is 28.1 Å². The van der Waals surface area contributed by atoms with Gasteiger partial charge in [-0.05, 0) is 69.0 Å². The van der Waals surface area contributed by atoms with Gasteiger partial charge in [0.2, 0.25) is 0 Å². The molecule has 3 N–H and O–H groups in total. The molecule has 120 valence electrons. The van der Waals surface area contributed by atoms with Gasteiger partial charge in [0.15, 0.2) is 0 Å². The number of hydrogen-bond acceptors (Lipinski definition) is 1. The number of benzene rings is 2. The Balaban J connectivity index is 2.19. The van der Waals surface area contributed by atoms with Crippen molar-refractivity contribution in [2.24, 2.45) is 5.73 Å². The summed E-state index contributed by atoms with van der Waals surface area (Å²) in [6, 6.07) is 11.2. The maximum absolute atomic E-state index is 13.7. The molecule has 0 aliphatic rings. The monoisotopic (exact) mass is 310 g/mol. The number of fused-ring (bicyclic) bond motifs is 1. The minimum atomic E-state index is -0.207. The number of halogens is 1. The molecule has 0 unspecified atom stereocenters. The number of nitrogens with one attached hydrogen (secondary N) is 1. The van der Waals surface area contributed by atoms with E-state index in [0.29, 0.717) is 6.54 Å². The van der Waals surface area contributed by atoms with Crippen LogP contribution in [0.5, 0.6) is 0 Å². The van der Waals surface area contributed by atoms with Crippen molar-refractivity contribution in [3.8, 4) is 11.3 Å². The third-order valence-corrected chi connectivity index (χ3v) is 4.35. The number of unbranched alkanes of at least 4 members (excludes halogenated alkanes) is 1. The standard InChI is InChI=1S/C20H23FN2/c1-13-10-14(2)19-18(11-13)17(8-3-4-9-22)20(23-19)15-6-5-7-16(21)12-15/h5-7,10-12,23H,3-4,8-9,22H2,1-2H3. The maximum atomic E-state index is 13.7. The Kier molecular flexibility index (Phi) is 4.49. The van der Waals surface area contributed by atoms with Crippen LogP contribution in [0.3, 0.4) is 0 Å². The van der Waals surface area contributed by atoms with Crippen molar-refractivity contribution in [2.45, 2.75) is 33.1 Å². The van der Waals surface area contributed by atoms with Crippen LogP contribution < -0.4 is 5.73 Å². The molecule has 2 nitrogen and oxygen atoms in total. The third-order valence-electron chi connectivity index (χ3n) is 4.35. The van der Waals surface area contributed by atoms with E-state index in [1.54, 1.807) is 12.1 Å². The largest absolute Gasteiger partial charge is 0.354 e. The van der Waals surface area contributed by atoms with E-state index in [0.717, 1.165) is 36.0 Å². The van der Waals surface area contributed by atoms with Gasteiger partial charge in [0.05, 0.1) is 0 Å². The summed E-state index contributed by atoms with van der Waals surface area (Å²) in [7, 11) is 0. The summed E-state index contributed by atoms with van der Waals surface area (Å²) in [5.74, 6) is -0.207. The van der Waals surface area contributed by atoms with Gasteiger partial charge in [-0.15, -0.1) is 0 Å². The fraction of sp³-hybridized carbons (Fsp3) is 0.300. The summed E-state index contributed by atoms with van der Waals surface area (Å²) < 4.78 is 13.7. The molecule has 0 saturated carbocycles. The van der Waals surface area contributed by atoms with E-state index in [2.05, 4.69) is 31.0 Å². The van der Waals surface area contributed by atoms with Gasteiger partial charge in [-0.25, -0.2) is 4.39 Å². The molecule has 0 radical (unpaired) electrons. The number of hydrogen-bond donors (Lipinski definition) is 2. The van der Waals surface area contributed by atoms with E-state index in [9.17, 15) is 4.39 Å². The molecule has 0 amide bonds. The molecule has 3 heteroatoms. The van der Waals surface area contributed by atoms with Crippen LogP contribution in [0.2, 0.25) is 0 Å². The van der Waals surface area contributed by atoms with Crippen molar-refractivity contribution < 1.29 is 4.39 Å². The van der Waals surface area contributed by atoms with Crippen molar-refractivity contribution in [3.05, 3.63) is 58.9 Å². The lowest BCUT2D eigenvalue weighted by Crippen LogP contribution is -1.99. The minimum Gasteiger partial charge on any atom is -0.354 e. The lowest BCUT2D eigenvalue weighted by Gasteiger charge is -2.06. The number of rotatable bonds is 5. The average molecular weight is 310 g/mol. The average Bonchev–Trinajstić information content (AvgIpc) is 2.87. The second-order valence-electron chi connectivity index (χ2n) is 6.24. The van der Waals surface area contributed by atoms with Crippen LogP contribution in [0, 0.1) is 19.7 Å². The van der Waals surface area contributed by atoms with Crippen molar-refractivity contribution in [1.29, 1.82) is 0 Å². The quantitative estimate of drug-likeness (QED) is 0.648. The fourth-order valence-electron chi connectivity index (χ4n) is 3.30. The summed E-state index contributed by atoms with van der Waals surface area (Å²) in [5.41, 5.74) is 12.5. The highest BCUT2D eigenvalue weighted by Gasteiger charge is 2.15. The first-order valence-corrected chi connectivity index (χ1v) is 8.18. The van der Waals surface area contributed by atoms with Gasteiger partial charge in [-0.3, -0.25) is 0 Å². The summed E-state index contributed by atoms with van der Waals surface area (Å²) in [6.07, 6.45) is 2.99. The molecule has 1 aromatic heterocycles. The Labute approximate surface area is 136 Å². The Hall–Kier alpha value is -2.13. The SMILES string of the molecule is Cc1cc(C)c2[nH]c(-c3cccc(F)c3)c(CCCCN)c2c1. The highest BCUT2D eigenvalue weighted by molar-refractivity contribution is 5.93. The molecule has 1 heterocycles. The van der Waals surface area contributed by atoms with Gasteiger partial charge < -0.3 is 10.7 Å². The summed E-state index contributed by atoms with van der Waals surface area (Å²) in [5, 5.41) is 1.25. The molecule has 0 aliphatic heterocycles. The Morgan fingerprint density at radius 2 is 1.91 bits per heavy atom. The molecule has 3 aromatic rings. The second-order valence-corrected chi connectivity index (χ2v) is 6.24. The van der Waals surface area contributed by atoms with Crippen LogP contribution in [0.15, 0.2) is 36.4 Å². The topological polar surface area (TPSA) is 41.8 Å². The number of H-pyrrole nitrogens is 1. The molecule has 0 fully saturated rings. The molecule has 0 aliphatic carbocycles. The van der Waals surface area contributed by atoms with Gasteiger partial charge in [0.25, 0.3) is 0 Å². The van der Waals surface area contributed by atoms with Crippen molar-refractivity contribution in [3.63, 3.8) is 0 Å². The highest BCUT2D eigenvalue weighted by atomic mass is 19.1. The Bertz CT molecular complexity index is 833. The van der Waals surface area contributed by atoms with Crippen molar-refractivity contribution >= 4 is 10.9 Å². The van der Waals surface area contributed by atoms with E-state index < -0.39 is 0 Å². The molecule has 0 bridgehead atoms. The van der Waals surface area contributed by atoms with Gasteiger partial charge in [0.1, 0.15) is 5.82 Å². The first-order valence-electron chi connectivity index (χ1n) is 8.18. The molecule has 23 heavy (non-hydrogen) atoms. The number of aromatic amines is 1. The van der Waals surface area contributed by atoms with Crippen LogP contribution >= 0.6 is 0 Å². The predicted molar refractivity (Wildman–Crippen MR) is 95.2 cm³/mol. The van der Waals surface area contributed by atoms with E-state index in [1.807, 2.05) is 6.07 Å². The molecular weight excluding hydrogens is 287 g/mol. The molecule has 0 spiro atoms. The van der Waals surface area contributed by atoms with Crippen LogP contribution in [-0.4, -0.2) is 11.5 Å². The number of nitrogens with two attached hydrogens (primary N) is 1. The van der Waals surface area contributed by atoms with Crippen LogP contribution in [0.1, 0.15) is 29.5 Å². The lowest BCUT2D eigenvalue weighted by atomic mass is 9.98. The van der Waals surface area contributed by atoms with E-state index in [-0.39, 0.29) is 5.82 Å². The normalized spacial score (nSPS) is 11.3. The maximum Gasteiger partial charge on any atom is 0.123 e. The zero-order chi connectivity index (χ0) is 16.4. The van der Waals surface area contributed by atoms with Crippen LogP contribution in [-0.2, 0) is 6.42 Å². The predicted octanol–water partition coefficient (Wildman–Crippen LogP) is 4.87. The smallest absolute Gasteiger partial charge is 0.123 e. The molecule has 0 saturated heterocycles. The number of aryl methyl sites for hydroxylation is 3. The molecule has 2 aromatic carbocycles.